The molecule has 1 fully saturated rings. The minimum atomic E-state index is -2.29. The Bertz CT molecular complexity index is 777. The lowest BCUT2D eigenvalue weighted by molar-refractivity contribution is -0.110. The predicted molar refractivity (Wildman–Crippen MR) is 95.5 cm³/mol. The van der Waals surface area contributed by atoms with Crippen LogP contribution in [0.1, 0.15) is 40.8 Å². The molecule has 2 aromatic heterocycles. The molecule has 4 rings (SSSR count). The van der Waals surface area contributed by atoms with Crippen molar-refractivity contribution in [3.63, 3.8) is 0 Å². The van der Waals surface area contributed by atoms with Crippen LogP contribution in [0.3, 0.4) is 0 Å². The van der Waals surface area contributed by atoms with Crippen LogP contribution in [0.5, 0.6) is 0 Å². The maximum absolute atomic E-state index is 12.8. The summed E-state index contributed by atoms with van der Waals surface area (Å²) in [5.41, 5.74) is 1.87. The van der Waals surface area contributed by atoms with Gasteiger partial charge in [0.05, 0.1) is 12.3 Å². The van der Waals surface area contributed by atoms with Crippen molar-refractivity contribution < 1.29 is 13.5 Å². The highest BCUT2D eigenvalue weighted by atomic mass is 32.1. The smallest absolute Gasteiger partial charge is 0.243 e. The normalized spacial score (nSPS) is 26.6. The Labute approximate surface area is 155 Å². The zero-order chi connectivity index (χ0) is 18.3. The summed E-state index contributed by atoms with van der Waals surface area (Å²) in [5.74, 6) is 0. The quantitative estimate of drug-likeness (QED) is 0.815. The summed E-state index contributed by atoms with van der Waals surface area (Å²) in [6.45, 7) is 4.57. The summed E-state index contributed by atoms with van der Waals surface area (Å²) in [6.07, 6.45) is 2.10. The highest BCUT2D eigenvalue weighted by molar-refractivity contribution is 7.12. The number of alkyl halides is 2. The summed E-state index contributed by atoms with van der Waals surface area (Å²) >= 11 is 1.53. The second-order valence-electron chi connectivity index (χ2n) is 7.41. The molecule has 0 bridgehead atoms. The van der Waals surface area contributed by atoms with E-state index in [0.717, 1.165) is 42.9 Å². The van der Waals surface area contributed by atoms with Crippen molar-refractivity contribution in [2.24, 2.45) is 7.05 Å². The highest BCUT2D eigenvalue weighted by Gasteiger charge is 2.45. The fourth-order valence-electron chi connectivity index (χ4n) is 4.23. The van der Waals surface area contributed by atoms with Gasteiger partial charge in [0.25, 0.3) is 0 Å². The Kier molecular flexibility index (Phi) is 4.83. The van der Waals surface area contributed by atoms with Crippen LogP contribution < -0.4 is 0 Å². The molecule has 0 aliphatic carbocycles. The number of ether oxygens (including phenoxy) is 1. The van der Waals surface area contributed by atoms with Gasteiger partial charge in [-0.15, -0.1) is 16.4 Å². The largest absolute Gasteiger partial charge is 0.369 e. The SMILES string of the molecule is C[C@H]1C[C@@]2(CCN1Cc1cn(C)nn1)OCCc1cc(CC(F)F)sc12. The van der Waals surface area contributed by atoms with Gasteiger partial charge >= 0.3 is 0 Å². The van der Waals surface area contributed by atoms with Crippen molar-refractivity contribution >= 4 is 11.3 Å². The van der Waals surface area contributed by atoms with E-state index in [1.807, 2.05) is 19.3 Å². The number of aromatic nitrogens is 3. The van der Waals surface area contributed by atoms with Gasteiger partial charge in [0.1, 0.15) is 5.60 Å². The first-order chi connectivity index (χ1) is 12.4. The van der Waals surface area contributed by atoms with Crippen LogP contribution in [0.25, 0.3) is 0 Å². The average molecular weight is 382 g/mol. The second kappa shape index (κ2) is 6.98. The maximum atomic E-state index is 12.8. The van der Waals surface area contributed by atoms with Gasteiger partial charge in [0.15, 0.2) is 0 Å². The molecule has 4 heterocycles. The summed E-state index contributed by atoms with van der Waals surface area (Å²) < 4.78 is 33.6. The van der Waals surface area contributed by atoms with Crippen molar-refractivity contribution in [1.29, 1.82) is 0 Å². The van der Waals surface area contributed by atoms with Gasteiger partial charge in [-0.1, -0.05) is 5.21 Å². The molecule has 0 unspecified atom stereocenters. The zero-order valence-electron chi connectivity index (χ0n) is 15.1. The molecule has 0 amide bonds. The molecular weight excluding hydrogens is 358 g/mol. The van der Waals surface area contributed by atoms with Crippen molar-refractivity contribution in [1.82, 2.24) is 19.9 Å². The maximum Gasteiger partial charge on any atom is 0.243 e. The van der Waals surface area contributed by atoms with E-state index in [1.165, 1.54) is 21.8 Å². The molecule has 2 aliphatic rings. The van der Waals surface area contributed by atoms with Gasteiger partial charge in [-0.05, 0) is 37.8 Å². The molecule has 0 radical (unpaired) electrons. The van der Waals surface area contributed by atoms with E-state index in [-0.39, 0.29) is 12.0 Å². The number of nitrogens with zero attached hydrogens (tertiary/aromatic N) is 4. The molecule has 1 spiro atoms. The number of hydrogen-bond acceptors (Lipinski definition) is 5. The third-order valence-electron chi connectivity index (χ3n) is 5.45. The first-order valence-corrected chi connectivity index (χ1v) is 9.90. The van der Waals surface area contributed by atoms with E-state index >= 15 is 0 Å². The van der Waals surface area contributed by atoms with Crippen LogP contribution in [0, 0.1) is 0 Å². The number of likely N-dealkylation sites (tertiary alicyclic amines) is 1. The molecule has 26 heavy (non-hydrogen) atoms. The monoisotopic (exact) mass is 382 g/mol. The van der Waals surface area contributed by atoms with Crippen molar-refractivity contribution in [3.8, 4) is 0 Å². The number of rotatable bonds is 4. The predicted octanol–water partition coefficient (Wildman–Crippen LogP) is 3.14. The molecule has 0 aromatic carbocycles. The van der Waals surface area contributed by atoms with Gasteiger partial charge in [-0.2, -0.15) is 0 Å². The topological polar surface area (TPSA) is 43.2 Å². The summed E-state index contributed by atoms with van der Waals surface area (Å²) in [5, 5.41) is 8.19. The van der Waals surface area contributed by atoms with E-state index in [0.29, 0.717) is 12.6 Å². The molecule has 2 atom stereocenters. The lowest BCUT2D eigenvalue weighted by Crippen LogP contribution is -2.50. The number of piperidine rings is 1. The van der Waals surface area contributed by atoms with Gasteiger partial charge in [0, 0.05) is 48.6 Å². The number of hydrogen-bond donors (Lipinski definition) is 0. The third-order valence-corrected chi connectivity index (χ3v) is 6.83. The van der Waals surface area contributed by atoms with Crippen LogP contribution in [0.2, 0.25) is 0 Å². The van der Waals surface area contributed by atoms with Crippen LogP contribution in [-0.2, 0) is 36.8 Å². The van der Waals surface area contributed by atoms with Crippen LogP contribution >= 0.6 is 11.3 Å². The summed E-state index contributed by atoms with van der Waals surface area (Å²) in [4.78, 5) is 4.37. The van der Waals surface area contributed by atoms with E-state index in [2.05, 4.69) is 22.1 Å². The average Bonchev–Trinajstić information content (AvgIpc) is 3.16. The fraction of sp³-hybridized carbons (Fsp3) is 0.667. The molecule has 142 valence electrons. The Morgan fingerprint density at radius 3 is 3.00 bits per heavy atom. The molecule has 5 nitrogen and oxygen atoms in total. The highest BCUT2D eigenvalue weighted by Crippen LogP contribution is 2.47. The Hall–Kier alpha value is -1.38. The first kappa shape index (κ1) is 18.0. The Morgan fingerprint density at radius 2 is 2.31 bits per heavy atom. The third kappa shape index (κ3) is 3.42. The minimum Gasteiger partial charge on any atom is -0.369 e. The Balaban J connectivity index is 1.52. The fourth-order valence-corrected chi connectivity index (χ4v) is 5.63. The van der Waals surface area contributed by atoms with Gasteiger partial charge in [-0.3, -0.25) is 9.58 Å². The van der Waals surface area contributed by atoms with E-state index in [9.17, 15) is 8.78 Å². The Morgan fingerprint density at radius 1 is 1.46 bits per heavy atom. The lowest BCUT2D eigenvalue weighted by atomic mass is 9.82. The summed E-state index contributed by atoms with van der Waals surface area (Å²) in [7, 11) is 1.87. The van der Waals surface area contributed by atoms with Crippen molar-refractivity contribution in [2.45, 2.75) is 57.2 Å². The standard InChI is InChI=1S/C18H24F2N4OS/c1-12-9-18(4-5-24(12)11-14-10-23(2)22-21-14)17-13(3-6-25-18)7-15(26-17)8-16(19)20/h7,10,12,16H,3-6,8-9,11H2,1-2H3/t12-,18+/m0/s1. The number of fused-ring (bicyclic) bond motifs is 2. The number of halogens is 2. The second-order valence-corrected chi connectivity index (χ2v) is 8.55. The van der Waals surface area contributed by atoms with Gasteiger partial charge < -0.3 is 4.74 Å². The minimum absolute atomic E-state index is 0.151. The molecule has 1 saturated heterocycles. The zero-order valence-corrected chi connectivity index (χ0v) is 15.9. The number of aryl methyl sites for hydroxylation is 1. The first-order valence-electron chi connectivity index (χ1n) is 9.08. The molecule has 0 saturated carbocycles. The number of thiophene rings is 1. The molecule has 2 aromatic rings. The molecular formula is C18H24F2N4OS. The van der Waals surface area contributed by atoms with Crippen LogP contribution in [-0.4, -0.2) is 45.5 Å². The lowest BCUT2D eigenvalue weighted by Gasteiger charge is -2.46. The molecule has 0 N–H and O–H groups in total. The van der Waals surface area contributed by atoms with Gasteiger partial charge in [0.2, 0.25) is 6.43 Å². The summed E-state index contributed by atoms with van der Waals surface area (Å²) in [6, 6.07) is 2.31. The van der Waals surface area contributed by atoms with Crippen LogP contribution in [0.15, 0.2) is 12.3 Å². The van der Waals surface area contributed by atoms with Crippen LogP contribution in [0.4, 0.5) is 8.78 Å². The molecule has 2 aliphatic heterocycles. The van der Waals surface area contributed by atoms with E-state index in [1.54, 1.807) is 4.68 Å². The van der Waals surface area contributed by atoms with E-state index < -0.39 is 6.43 Å². The van der Waals surface area contributed by atoms with Crippen molar-refractivity contribution in [2.75, 3.05) is 13.2 Å². The molecule has 8 heteroatoms. The van der Waals surface area contributed by atoms with Gasteiger partial charge in [-0.25, -0.2) is 8.78 Å². The van der Waals surface area contributed by atoms with Crippen molar-refractivity contribution in [3.05, 3.63) is 33.3 Å². The van der Waals surface area contributed by atoms with E-state index in [4.69, 9.17) is 4.74 Å².